The smallest absolute Gasteiger partial charge is 0.233 e. The summed E-state index contributed by atoms with van der Waals surface area (Å²) in [5, 5.41) is 2.92. The topological polar surface area (TPSA) is 58.4 Å². The van der Waals surface area contributed by atoms with Crippen LogP contribution in [-0.4, -0.2) is 43.5 Å². The molecule has 1 fully saturated rings. The fourth-order valence-corrected chi connectivity index (χ4v) is 2.33. The van der Waals surface area contributed by atoms with Crippen molar-refractivity contribution in [2.45, 2.75) is 37.6 Å². The molecule has 0 aromatic rings. The molecule has 1 amide bonds. The minimum Gasteiger partial charge on any atom is -0.353 e. The van der Waals surface area contributed by atoms with Crippen LogP contribution in [0.25, 0.3) is 0 Å². The highest BCUT2D eigenvalue weighted by Gasteiger charge is 2.34. The first-order valence-corrected chi connectivity index (χ1v) is 5.75. The number of likely N-dealkylation sites (N-methyl/N-ethyl adjacent to an activating group) is 1. The second-order valence-corrected chi connectivity index (χ2v) is 4.66. The first kappa shape index (κ1) is 15.7. The van der Waals surface area contributed by atoms with Gasteiger partial charge in [0.2, 0.25) is 5.91 Å². The van der Waals surface area contributed by atoms with Gasteiger partial charge in [0.25, 0.3) is 0 Å². The molecule has 3 N–H and O–H groups in total. The molecule has 4 nitrogen and oxygen atoms in total. The van der Waals surface area contributed by atoms with E-state index in [1.54, 1.807) is 0 Å². The lowest BCUT2D eigenvalue weighted by Gasteiger charge is -2.43. The standard InChI is InChI=1S/C11H23N3O.ClH/c1-14(2)11(6-4-3-5-7-11)9-13-10(15)8-12;/h3-9,12H2,1-2H3,(H,13,15);1H. The molecule has 96 valence electrons. The van der Waals surface area contributed by atoms with Crippen molar-refractivity contribution in [3.63, 3.8) is 0 Å². The second-order valence-electron chi connectivity index (χ2n) is 4.66. The van der Waals surface area contributed by atoms with Gasteiger partial charge in [0.1, 0.15) is 0 Å². The van der Waals surface area contributed by atoms with E-state index in [0.717, 1.165) is 6.54 Å². The van der Waals surface area contributed by atoms with Crippen LogP contribution < -0.4 is 11.1 Å². The quantitative estimate of drug-likeness (QED) is 0.773. The van der Waals surface area contributed by atoms with Crippen molar-refractivity contribution in [2.24, 2.45) is 5.73 Å². The maximum Gasteiger partial charge on any atom is 0.233 e. The predicted octanol–water partition coefficient (Wildman–Crippen LogP) is 0.748. The Hall–Kier alpha value is -0.320. The van der Waals surface area contributed by atoms with E-state index in [0.29, 0.717) is 0 Å². The van der Waals surface area contributed by atoms with Crippen LogP contribution in [0.2, 0.25) is 0 Å². The summed E-state index contributed by atoms with van der Waals surface area (Å²) in [5.41, 5.74) is 5.44. The number of carbonyl (C=O) groups is 1. The lowest BCUT2D eigenvalue weighted by molar-refractivity contribution is -0.120. The molecule has 0 saturated heterocycles. The Kier molecular flexibility index (Phi) is 6.95. The largest absolute Gasteiger partial charge is 0.353 e. The first-order chi connectivity index (χ1) is 7.10. The van der Waals surface area contributed by atoms with Crippen LogP contribution in [0.5, 0.6) is 0 Å². The monoisotopic (exact) mass is 249 g/mol. The normalized spacial score (nSPS) is 19.0. The average Bonchev–Trinajstić information content (AvgIpc) is 2.27. The zero-order valence-electron chi connectivity index (χ0n) is 10.3. The van der Waals surface area contributed by atoms with E-state index in [9.17, 15) is 4.79 Å². The Balaban J connectivity index is 0.00000225. The third-order valence-electron chi connectivity index (χ3n) is 3.53. The molecule has 16 heavy (non-hydrogen) atoms. The molecule has 1 aliphatic carbocycles. The van der Waals surface area contributed by atoms with E-state index in [2.05, 4.69) is 24.3 Å². The van der Waals surface area contributed by atoms with E-state index in [1.807, 2.05) is 0 Å². The SMILES string of the molecule is CN(C)C1(CNC(=O)CN)CCCCC1.Cl. The summed E-state index contributed by atoms with van der Waals surface area (Å²) in [7, 11) is 4.19. The Morgan fingerprint density at radius 1 is 1.31 bits per heavy atom. The van der Waals surface area contributed by atoms with Gasteiger partial charge >= 0.3 is 0 Å². The number of nitrogens with zero attached hydrogens (tertiary/aromatic N) is 1. The molecule has 1 rings (SSSR count). The summed E-state index contributed by atoms with van der Waals surface area (Å²) in [6.45, 7) is 0.819. The van der Waals surface area contributed by atoms with Gasteiger partial charge in [-0.15, -0.1) is 12.4 Å². The summed E-state index contributed by atoms with van der Waals surface area (Å²) in [5.74, 6) is -0.0539. The van der Waals surface area contributed by atoms with E-state index in [4.69, 9.17) is 5.73 Å². The number of hydrogen-bond acceptors (Lipinski definition) is 3. The van der Waals surface area contributed by atoms with Crippen molar-refractivity contribution in [3.8, 4) is 0 Å². The number of nitrogens with one attached hydrogen (secondary N) is 1. The molecule has 5 heteroatoms. The Morgan fingerprint density at radius 3 is 2.31 bits per heavy atom. The van der Waals surface area contributed by atoms with Crippen LogP contribution in [0, 0.1) is 0 Å². The zero-order valence-corrected chi connectivity index (χ0v) is 11.1. The van der Waals surface area contributed by atoms with Gasteiger partial charge < -0.3 is 16.0 Å². The van der Waals surface area contributed by atoms with E-state index >= 15 is 0 Å². The van der Waals surface area contributed by atoms with Crippen molar-refractivity contribution in [3.05, 3.63) is 0 Å². The minimum atomic E-state index is -0.0539. The molecule has 0 heterocycles. The van der Waals surface area contributed by atoms with Gasteiger partial charge in [-0.2, -0.15) is 0 Å². The number of hydrogen-bond donors (Lipinski definition) is 2. The summed E-state index contributed by atoms with van der Waals surface area (Å²) >= 11 is 0. The van der Waals surface area contributed by atoms with Crippen LogP contribution in [0.4, 0.5) is 0 Å². The van der Waals surface area contributed by atoms with Crippen molar-refractivity contribution in [1.82, 2.24) is 10.2 Å². The lowest BCUT2D eigenvalue weighted by atomic mass is 9.80. The van der Waals surface area contributed by atoms with Gasteiger partial charge in [0, 0.05) is 12.1 Å². The van der Waals surface area contributed by atoms with Crippen molar-refractivity contribution in [2.75, 3.05) is 27.2 Å². The molecule has 0 aromatic carbocycles. The fourth-order valence-electron chi connectivity index (χ4n) is 2.33. The highest BCUT2D eigenvalue weighted by Crippen LogP contribution is 2.31. The molecule has 0 spiro atoms. The number of nitrogens with two attached hydrogens (primary N) is 1. The molecule has 0 radical (unpaired) electrons. The number of halogens is 1. The highest BCUT2D eigenvalue weighted by molar-refractivity contribution is 5.85. The van der Waals surface area contributed by atoms with Crippen LogP contribution >= 0.6 is 12.4 Å². The lowest BCUT2D eigenvalue weighted by Crippen LogP contribution is -2.54. The molecule has 0 aromatic heterocycles. The van der Waals surface area contributed by atoms with E-state index in [-0.39, 0.29) is 30.4 Å². The summed E-state index contributed by atoms with van der Waals surface area (Å²) in [4.78, 5) is 13.4. The third-order valence-corrected chi connectivity index (χ3v) is 3.53. The van der Waals surface area contributed by atoms with Crippen molar-refractivity contribution < 1.29 is 4.79 Å². The number of carbonyl (C=O) groups excluding carboxylic acids is 1. The second kappa shape index (κ2) is 7.09. The summed E-state index contributed by atoms with van der Waals surface area (Å²) < 4.78 is 0. The maximum atomic E-state index is 11.2. The number of rotatable bonds is 4. The molecule has 1 aliphatic rings. The Bertz CT molecular complexity index is 215. The molecule has 0 bridgehead atoms. The van der Waals surface area contributed by atoms with Crippen LogP contribution in [-0.2, 0) is 4.79 Å². The number of amides is 1. The van der Waals surface area contributed by atoms with Crippen LogP contribution in [0.15, 0.2) is 0 Å². The molecular weight excluding hydrogens is 226 g/mol. The molecular formula is C11H24ClN3O. The van der Waals surface area contributed by atoms with Gasteiger partial charge in [-0.3, -0.25) is 4.79 Å². The average molecular weight is 250 g/mol. The Labute approximate surface area is 104 Å². The predicted molar refractivity (Wildman–Crippen MR) is 68.8 cm³/mol. The van der Waals surface area contributed by atoms with E-state index in [1.165, 1.54) is 32.1 Å². The minimum absolute atomic E-state index is 0. The van der Waals surface area contributed by atoms with Gasteiger partial charge in [0.15, 0.2) is 0 Å². The zero-order chi connectivity index (χ0) is 11.3. The van der Waals surface area contributed by atoms with Gasteiger partial charge in [0.05, 0.1) is 6.54 Å². The molecule has 0 atom stereocenters. The first-order valence-electron chi connectivity index (χ1n) is 5.75. The summed E-state index contributed by atoms with van der Waals surface area (Å²) in [6.07, 6.45) is 6.18. The van der Waals surface area contributed by atoms with Gasteiger partial charge in [-0.25, -0.2) is 0 Å². The van der Waals surface area contributed by atoms with Crippen molar-refractivity contribution >= 4 is 18.3 Å². The summed E-state index contributed by atoms with van der Waals surface area (Å²) in [6, 6.07) is 0. The fraction of sp³-hybridized carbons (Fsp3) is 0.909. The third kappa shape index (κ3) is 3.92. The van der Waals surface area contributed by atoms with Gasteiger partial charge in [-0.1, -0.05) is 19.3 Å². The van der Waals surface area contributed by atoms with Crippen LogP contribution in [0.1, 0.15) is 32.1 Å². The Morgan fingerprint density at radius 2 is 1.88 bits per heavy atom. The van der Waals surface area contributed by atoms with Crippen molar-refractivity contribution in [1.29, 1.82) is 0 Å². The van der Waals surface area contributed by atoms with Crippen LogP contribution in [0.3, 0.4) is 0 Å². The van der Waals surface area contributed by atoms with Gasteiger partial charge in [-0.05, 0) is 26.9 Å². The maximum absolute atomic E-state index is 11.2. The van der Waals surface area contributed by atoms with E-state index < -0.39 is 0 Å². The molecule has 1 saturated carbocycles. The molecule has 0 unspecified atom stereocenters. The highest BCUT2D eigenvalue weighted by atomic mass is 35.5. The molecule has 0 aliphatic heterocycles.